The van der Waals surface area contributed by atoms with Crippen molar-refractivity contribution in [3.8, 4) is 11.6 Å². The van der Waals surface area contributed by atoms with Crippen LogP contribution in [0.5, 0.6) is 5.88 Å². The molecule has 3 rings (SSSR count). The number of fused-ring (bicyclic) bond motifs is 1. The summed E-state index contributed by atoms with van der Waals surface area (Å²) >= 11 is 0. The molecule has 0 saturated carbocycles. The van der Waals surface area contributed by atoms with Crippen molar-refractivity contribution in [1.29, 1.82) is 0 Å². The number of rotatable bonds is 2. The van der Waals surface area contributed by atoms with Crippen molar-refractivity contribution in [2.75, 3.05) is 7.11 Å². The fourth-order valence-electron chi connectivity index (χ4n) is 1.84. The smallest absolute Gasteiger partial charge is 0.272 e. The van der Waals surface area contributed by atoms with E-state index < -0.39 is 0 Å². The number of imidazole rings is 1. The van der Waals surface area contributed by atoms with E-state index in [1.54, 1.807) is 25.7 Å². The number of aromatic nitrogens is 3. The van der Waals surface area contributed by atoms with Crippen molar-refractivity contribution in [2.24, 2.45) is 0 Å². The number of amides is 1. The van der Waals surface area contributed by atoms with Crippen molar-refractivity contribution in [2.45, 2.75) is 6.54 Å². The number of nitrogens with zero attached hydrogens (tertiary/aromatic N) is 3. The Morgan fingerprint density at radius 3 is 3.00 bits per heavy atom. The van der Waals surface area contributed by atoms with E-state index in [0.29, 0.717) is 18.1 Å². The molecule has 1 N–H and O–H groups in total. The van der Waals surface area contributed by atoms with Gasteiger partial charge in [-0.3, -0.25) is 9.36 Å². The fraction of sp³-hybridized carbons (Fsp3) is 0.182. The van der Waals surface area contributed by atoms with Crippen LogP contribution in [0.4, 0.5) is 0 Å². The zero-order chi connectivity index (χ0) is 11.8. The molecule has 0 fully saturated rings. The van der Waals surface area contributed by atoms with E-state index >= 15 is 0 Å². The van der Waals surface area contributed by atoms with Gasteiger partial charge in [0.2, 0.25) is 5.88 Å². The van der Waals surface area contributed by atoms with Gasteiger partial charge < -0.3 is 10.1 Å². The highest BCUT2D eigenvalue weighted by atomic mass is 16.5. The average Bonchev–Trinajstić information content (AvgIpc) is 2.93. The molecule has 0 aliphatic carbocycles. The molecule has 0 radical (unpaired) electrons. The fourth-order valence-corrected chi connectivity index (χ4v) is 1.84. The molecular formula is C11H10N4O2. The summed E-state index contributed by atoms with van der Waals surface area (Å²) in [4.78, 5) is 19.6. The number of methoxy groups -OCH3 is 1. The average molecular weight is 230 g/mol. The number of pyridine rings is 1. The van der Waals surface area contributed by atoms with Gasteiger partial charge in [0, 0.05) is 6.07 Å². The molecule has 1 aliphatic rings. The van der Waals surface area contributed by atoms with Gasteiger partial charge in [-0.15, -0.1) is 0 Å². The number of carbonyl (C=O) groups is 1. The second-order valence-electron chi connectivity index (χ2n) is 3.65. The highest BCUT2D eigenvalue weighted by molar-refractivity contribution is 5.96. The molecule has 0 saturated heterocycles. The van der Waals surface area contributed by atoms with Gasteiger partial charge in [0.25, 0.3) is 5.91 Å². The number of nitrogens with one attached hydrogen (secondary N) is 1. The quantitative estimate of drug-likeness (QED) is 0.816. The molecule has 1 amide bonds. The van der Waals surface area contributed by atoms with Gasteiger partial charge in [0.15, 0.2) is 5.69 Å². The van der Waals surface area contributed by atoms with Crippen LogP contribution in [0.1, 0.15) is 16.2 Å². The van der Waals surface area contributed by atoms with Gasteiger partial charge in [-0.25, -0.2) is 9.97 Å². The van der Waals surface area contributed by atoms with Crippen LogP contribution in [0.15, 0.2) is 24.7 Å². The molecule has 0 bridgehead atoms. The zero-order valence-electron chi connectivity index (χ0n) is 9.17. The van der Waals surface area contributed by atoms with Crippen molar-refractivity contribution >= 4 is 5.91 Å². The predicted octanol–water partition coefficient (Wildman–Crippen LogP) is 0.519. The van der Waals surface area contributed by atoms with Gasteiger partial charge in [-0.2, -0.15) is 0 Å². The van der Waals surface area contributed by atoms with Gasteiger partial charge >= 0.3 is 0 Å². The minimum atomic E-state index is -0.125. The molecule has 17 heavy (non-hydrogen) atoms. The molecule has 2 aromatic rings. The molecule has 0 unspecified atom stereocenters. The van der Waals surface area contributed by atoms with E-state index in [4.69, 9.17) is 4.74 Å². The largest absolute Gasteiger partial charge is 0.481 e. The number of hydrogen-bond acceptors (Lipinski definition) is 4. The SMILES string of the molecule is COc1ccc(-n2cnc3c2CNC3=O)cn1. The monoisotopic (exact) mass is 230 g/mol. The van der Waals surface area contributed by atoms with E-state index in [0.717, 1.165) is 11.4 Å². The Labute approximate surface area is 97.3 Å². The zero-order valence-corrected chi connectivity index (χ0v) is 9.17. The minimum absolute atomic E-state index is 0.125. The Kier molecular flexibility index (Phi) is 2.07. The number of ether oxygens (including phenoxy) is 1. The predicted molar refractivity (Wildman–Crippen MR) is 59.1 cm³/mol. The van der Waals surface area contributed by atoms with Crippen molar-refractivity contribution < 1.29 is 9.53 Å². The van der Waals surface area contributed by atoms with Crippen LogP contribution in [0, 0.1) is 0 Å². The lowest BCUT2D eigenvalue weighted by Gasteiger charge is -2.05. The summed E-state index contributed by atoms with van der Waals surface area (Å²) in [6.45, 7) is 0.500. The highest BCUT2D eigenvalue weighted by Crippen LogP contribution is 2.19. The molecule has 0 aromatic carbocycles. The van der Waals surface area contributed by atoms with E-state index in [1.165, 1.54) is 0 Å². The Morgan fingerprint density at radius 1 is 1.41 bits per heavy atom. The summed E-state index contributed by atoms with van der Waals surface area (Å²) in [5, 5.41) is 2.73. The third-order valence-electron chi connectivity index (χ3n) is 2.71. The molecule has 2 aromatic heterocycles. The van der Waals surface area contributed by atoms with Crippen LogP contribution in [-0.4, -0.2) is 27.6 Å². The maximum absolute atomic E-state index is 11.4. The first-order valence-corrected chi connectivity index (χ1v) is 5.14. The first-order chi connectivity index (χ1) is 8.29. The Hall–Kier alpha value is -2.37. The van der Waals surface area contributed by atoms with E-state index in [9.17, 15) is 4.79 Å². The lowest BCUT2D eigenvalue weighted by Crippen LogP contribution is -2.14. The van der Waals surface area contributed by atoms with Crippen LogP contribution in [0.25, 0.3) is 5.69 Å². The van der Waals surface area contributed by atoms with E-state index in [2.05, 4.69) is 15.3 Å². The van der Waals surface area contributed by atoms with Crippen molar-refractivity contribution in [1.82, 2.24) is 19.9 Å². The molecule has 6 nitrogen and oxygen atoms in total. The van der Waals surface area contributed by atoms with Gasteiger partial charge in [0.1, 0.15) is 6.33 Å². The first-order valence-electron chi connectivity index (χ1n) is 5.14. The van der Waals surface area contributed by atoms with Crippen LogP contribution in [0.3, 0.4) is 0 Å². The molecule has 86 valence electrons. The molecule has 0 spiro atoms. The summed E-state index contributed by atoms with van der Waals surface area (Å²) in [6, 6.07) is 3.64. The Bertz CT molecular complexity index is 574. The van der Waals surface area contributed by atoms with Crippen LogP contribution < -0.4 is 10.1 Å². The Morgan fingerprint density at radius 2 is 2.29 bits per heavy atom. The second-order valence-corrected chi connectivity index (χ2v) is 3.65. The summed E-state index contributed by atoms with van der Waals surface area (Å²) in [5.41, 5.74) is 2.21. The number of hydrogen-bond donors (Lipinski definition) is 1. The van der Waals surface area contributed by atoms with Crippen molar-refractivity contribution in [3.05, 3.63) is 36.0 Å². The van der Waals surface area contributed by atoms with Gasteiger partial charge in [0.05, 0.1) is 31.2 Å². The third kappa shape index (κ3) is 1.45. The van der Waals surface area contributed by atoms with E-state index in [1.807, 2.05) is 10.6 Å². The van der Waals surface area contributed by atoms with Gasteiger partial charge in [-0.1, -0.05) is 0 Å². The highest BCUT2D eigenvalue weighted by Gasteiger charge is 2.24. The lowest BCUT2D eigenvalue weighted by atomic mass is 10.3. The second kappa shape index (κ2) is 3.58. The summed E-state index contributed by atoms with van der Waals surface area (Å²) < 4.78 is 6.84. The maximum atomic E-state index is 11.4. The molecule has 3 heterocycles. The molecular weight excluding hydrogens is 220 g/mol. The van der Waals surface area contributed by atoms with Crippen LogP contribution >= 0.6 is 0 Å². The molecule has 6 heteroatoms. The van der Waals surface area contributed by atoms with Crippen LogP contribution in [0.2, 0.25) is 0 Å². The van der Waals surface area contributed by atoms with Gasteiger partial charge in [-0.05, 0) is 6.07 Å². The topological polar surface area (TPSA) is 69.0 Å². The molecule has 1 aliphatic heterocycles. The lowest BCUT2D eigenvalue weighted by molar-refractivity contribution is 0.0961. The standard InChI is InChI=1S/C11H10N4O2/c1-17-9-3-2-7(4-12-9)15-6-14-10-8(15)5-13-11(10)16/h2-4,6H,5H2,1H3,(H,13,16). The third-order valence-corrected chi connectivity index (χ3v) is 2.71. The normalized spacial score (nSPS) is 13.4. The first kappa shape index (κ1) is 9.83. The van der Waals surface area contributed by atoms with Crippen LogP contribution in [-0.2, 0) is 6.54 Å². The van der Waals surface area contributed by atoms with Crippen molar-refractivity contribution in [3.63, 3.8) is 0 Å². The minimum Gasteiger partial charge on any atom is -0.481 e. The van der Waals surface area contributed by atoms with E-state index in [-0.39, 0.29) is 5.91 Å². The number of carbonyl (C=O) groups excluding carboxylic acids is 1. The Balaban J connectivity index is 2.04. The summed E-state index contributed by atoms with van der Waals surface area (Å²) in [5.74, 6) is 0.430. The summed E-state index contributed by atoms with van der Waals surface area (Å²) in [6.07, 6.45) is 3.32. The molecule has 0 atom stereocenters. The summed E-state index contributed by atoms with van der Waals surface area (Å²) in [7, 11) is 1.57. The maximum Gasteiger partial charge on any atom is 0.272 e.